The highest BCUT2D eigenvalue weighted by molar-refractivity contribution is 6.02. The molecule has 5 aromatic rings. The first-order chi connectivity index (χ1) is 17.9. The van der Waals surface area contributed by atoms with Crippen molar-refractivity contribution in [3.05, 3.63) is 83.8 Å². The molecule has 1 saturated heterocycles. The Kier molecular flexibility index (Phi) is 5.79. The summed E-state index contributed by atoms with van der Waals surface area (Å²) < 4.78 is 45.2. The van der Waals surface area contributed by atoms with E-state index in [1.807, 2.05) is 12.3 Å². The molecule has 4 heterocycles. The average molecular weight is 503 g/mol. The van der Waals surface area contributed by atoms with Gasteiger partial charge < -0.3 is 15.2 Å². The second kappa shape index (κ2) is 9.15. The van der Waals surface area contributed by atoms with Gasteiger partial charge in [0, 0.05) is 53.1 Å². The maximum absolute atomic E-state index is 15.9. The molecule has 0 saturated carbocycles. The molecule has 0 aliphatic carbocycles. The molecule has 37 heavy (non-hydrogen) atoms. The monoisotopic (exact) mass is 502 g/mol. The van der Waals surface area contributed by atoms with Crippen LogP contribution in [0.4, 0.5) is 19.0 Å². The zero-order chi connectivity index (χ0) is 25.7. The normalized spacial score (nSPS) is 15.1. The summed E-state index contributed by atoms with van der Waals surface area (Å²) in [6, 6.07) is 8.89. The van der Waals surface area contributed by atoms with Gasteiger partial charge in [0.25, 0.3) is 0 Å². The third-order valence-corrected chi connectivity index (χ3v) is 7.21. The lowest BCUT2D eigenvalue weighted by Gasteiger charge is -2.30. The second-order valence-electron chi connectivity index (χ2n) is 9.72. The van der Waals surface area contributed by atoms with Gasteiger partial charge in [-0.3, -0.25) is 4.98 Å². The van der Waals surface area contributed by atoms with E-state index in [4.69, 9.17) is 5.73 Å². The zero-order valence-corrected chi connectivity index (χ0v) is 20.3. The summed E-state index contributed by atoms with van der Waals surface area (Å²) in [5, 5.41) is 1.63. The average Bonchev–Trinajstić information content (AvgIpc) is 3.25. The first-order valence-electron chi connectivity index (χ1n) is 12.2. The molecule has 0 atom stereocenters. The summed E-state index contributed by atoms with van der Waals surface area (Å²) in [4.78, 5) is 15.4. The van der Waals surface area contributed by atoms with Crippen LogP contribution in [0.15, 0.2) is 55.1 Å². The van der Waals surface area contributed by atoms with Crippen LogP contribution in [0.25, 0.3) is 32.9 Å². The molecular weight excluding hydrogens is 477 g/mol. The molecule has 0 spiro atoms. The number of nitrogens with zero attached hydrogens (tertiary/aromatic N) is 5. The van der Waals surface area contributed by atoms with Crippen LogP contribution in [0, 0.1) is 17.5 Å². The van der Waals surface area contributed by atoms with Gasteiger partial charge in [-0.2, -0.15) is 0 Å². The Hall–Kier alpha value is -3.98. The third kappa shape index (κ3) is 4.29. The van der Waals surface area contributed by atoms with Crippen molar-refractivity contribution in [2.24, 2.45) is 0 Å². The van der Waals surface area contributed by atoms with Gasteiger partial charge in [0.15, 0.2) is 0 Å². The van der Waals surface area contributed by atoms with Gasteiger partial charge in [-0.25, -0.2) is 23.1 Å². The molecule has 0 bridgehead atoms. The Morgan fingerprint density at radius 2 is 1.70 bits per heavy atom. The van der Waals surface area contributed by atoms with Gasteiger partial charge in [-0.1, -0.05) is 12.1 Å². The summed E-state index contributed by atoms with van der Waals surface area (Å²) in [6.45, 7) is 1.95. The van der Waals surface area contributed by atoms with Gasteiger partial charge in [-0.15, -0.1) is 0 Å². The number of nitrogens with two attached hydrogens (primary N) is 1. The number of rotatable bonds is 4. The van der Waals surface area contributed by atoms with Gasteiger partial charge in [0.1, 0.15) is 35.2 Å². The van der Waals surface area contributed by atoms with Crippen molar-refractivity contribution < 1.29 is 13.2 Å². The molecule has 0 radical (unpaired) electrons. The zero-order valence-electron chi connectivity index (χ0n) is 20.3. The van der Waals surface area contributed by atoms with E-state index in [0.29, 0.717) is 50.0 Å². The minimum absolute atomic E-state index is 0.228. The number of hydrogen-bond donors (Lipinski definition) is 1. The molecule has 9 heteroatoms. The van der Waals surface area contributed by atoms with Crippen LogP contribution < -0.4 is 5.73 Å². The van der Waals surface area contributed by atoms with Crippen LogP contribution in [-0.2, 0) is 6.42 Å². The molecule has 6 rings (SSSR count). The van der Waals surface area contributed by atoms with Crippen LogP contribution in [0.2, 0.25) is 0 Å². The Balaban J connectivity index is 1.41. The largest absolute Gasteiger partial charge is 0.383 e. The lowest BCUT2D eigenvalue weighted by Crippen LogP contribution is -2.31. The summed E-state index contributed by atoms with van der Waals surface area (Å²) in [5.41, 5.74) is 9.06. The number of halogens is 3. The SMILES string of the molecule is CN1CCC(n2cc(-c3ccc4cc(Cc5cc(F)cc(F)c5)ncc4c3F)c3c(N)ncnc32)CC1. The van der Waals surface area contributed by atoms with E-state index in [0.717, 1.165) is 32.0 Å². The lowest BCUT2D eigenvalue weighted by molar-refractivity contribution is 0.224. The molecule has 1 aliphatic rings. The van der Waals surface area contributed by atoms with Gasteiger partial charge >= 0.3 is 0 Å². The van der Waals surface area contributed by atoms with E-state index in [1.54, 1.807) is 12.1 Å². The predicted molar refractivity (Wildman–Crippen MR) is 138 cm³/mol. The van der Waals surface area contributed by atoms with Gasteiger partial charge in [-0.05, 0) is 62.1 Å². The standard InChI is InChI=1S/C28H25F3N6/c1-36-6-4-21(5-7-36)37-14-24(25-27(32)34-15-35-28(25)37)22-3-2-17-11-20(33-13-23(17)26(22)31)10-16-8-18(29)12-19(30)9-16/h2-3,8-9,11-15,21H,4-7,10H2,1H3,(H2,32,34,35). The molecule has 1 aliphatic heterocycles. The highest BCUT2D eigenvalue weighted by Crippen LogP contribution is 2.39. The number of anilines is 1. The van der Waals surface area contributed by atoms with Crippen LogP contribution >= 0.6 is 0 Å². The fourth-order valence-corrected chi connectivity index (χ4v) is 5.32. The van der Waals surface area contributed by atoms with E-state index in [9.17, 15) is 8.78 Å². The molecular formula is C28H25F3N6. The van der Waals surface area contributed by atoms with Gasteiger partial charge in [0.05, 0.1) is 5.39 Å². The number of hydrogen-bond acceptors (Lipinski definition) is 5. The highest BCUT2D eigenvalue weighted by Gasteiger charge is 2.25. The van der Waals surface area contributed by atoms with Crippen LogP contribution in [0.1, 0.15) is 30.1 Å². The lowest BCUT2D eigenvalue weighted by atomic mass is 10.00. The number of fused-ring (bicyclic) bond motifs is 2. The second-order valence-corrected chi connectivity index (χ2v) is 9.72. The maximum atomic E-state index is 15.9. The molecule has 0 unspecified atom stereocenters. The van der Waals surface area contributed by atoms with Crippen LogP contribution in [0.5, 0.6) is 0 Å². The first kappa shape index (κ1) is 23.4. The Bertz CT molecular complexity index is 1620. The first-order valence-corrected chi connectivity index (χ1v) is 12.2. The highest BCUT2D eigenvalue weighted by atomic mass is 19.1. The van der Waals surface area contributed by atoms with E-state index in [-0.39, 0.29) is 12.5 Å². The molecule has 2 aromatic carbocycles. The number of pyridine rings is 1. The van der Waals surface area contributed by atoms with E-state index >= 15 is 4.39 Å². The number of nitrogen functional groups attached to an aromatic ring is 1. The minimum Gasteiger partial charge on any atom is -0.383 e. The summed E-state index contributed by atoms with van der Waals surface area (Å²) in [6.07, 6.45) is 7.01. The van der Waals surface area contributed by atoms with Crippen molar-refractivity contribution in [2.45, 2.75) is 25.3 Å². The predicted octanol–water partition coefficient (Wildman–Crippen LogP) is 5.50. The molecule has 3 aromatic heterocycles. The fraction of sp³-hybridized carbons (Fsp3) is 0.250. The quantitative estimate of drug-likeness (QED) is 0.351. The summed E-state index contributed by atoms with van der Waals surface area (Å²) in [5.74, 6) is -1.40. The fourth-order valence-electron chi connectivity index (χ4n) is 5.32. The molecule has 2 N–H and O–H groups in total. The summed E-state index contributed by atoms with van der Waals surface area (Å²) in [7, 11) is 2.11. The number of likely N-dealkylation sites (tertiary alicyclic amines) is 1. The Labute approximate surface area is 211 Å². The molecule has 1 fully saturated rings. The molecule has 6 nitrogen and oxygen atoms in total. The Morgan fingerprint density at radius 1 is 0.946 bits per heavy atom. The van der Waals surface area contributed by atoms with Crippen LogP contribution in [0.3, 0.4) is 0 Å². The van der Waals surface area contributed by atoms with Crippen molar-refractivity contribution in [1.82, 2.24) is 24.4 Å². The topological polar surface area (TPSA) is 72.9 Å². The number of aromatic nitrogens is 4. The van der Waals surface area contributed by atoms with Crippen molar-refractivity contribution in [3.63, 3.8) is 0 Å². The van der Waals surface area contributed by atoms with Gasteiger partial charge in [0.2, 0.25) is 0 Å². The van der Waals surface area contributed by atoms with E-state index in [1.165, 1.54) is 24.7 Å². The van der Waals surface area contributed by atoms with Crippen molar-refractivity contribution in [3.8, 4) is 11.1 Å². The number of piperidine rings is 1. The van der Waals surface area contributed by atoms with E-state index < -0.39 is 17.5 Å². The van der Waals surface area contributed by atoms with Crippen molar-refractivity contribution in [1.29, 1.82) is 0 Å². The minimum atomic E-state index is -0.644. The molecule has 188 valence electrons. The third-order valence-electron chi connectivity index (χ3n) is 7.21. The smallest absolute Gasteiger partial charge is 0.146 e. The van der Waals surface area contributed by atoms with Crippen LogP contribution in [-0.4, -0.2) is 44.6 Å². The molecule has 0 amide bonds. The maximum Gasteiger partial charge on any atom is 0.146 e. The number of benzene rings is 2. The summed E-state index contributed by atoms with van der Waals surface area (Å²) >= 11 is 0. The van der Waals surface area contributed by atoms with Crippen molar-refractivity contribution in [2.75, 3.05) is 25.9 Å². The van der Waals surface area contributed by atoms with E-state index in [2.05, 4.69) is 31.5 Å². The Morgan fingerprint density at radius 3 is 2.46 bits per heavy atom. The van der Waals surface area contributed by atoms with Crippen molar-refractivity contribution >= 4 is 27.6 Å².